The number of carboxylic acid groups (broad SMARTS) is 1. The first-order chi connectivity index (χ1) is 10.2. The fourth-order valence-electron chi connectivity index (χ4n) is 2.14. The van der Waals surface area contributed by atoms with Crippen LogP contribution in [-0.4, -0.2) is 18.5 Å². The molecular formula is C17H23NaO4. The van der Waals surface area contributed by atoms with Crippen molar-refractivity contribution >= 4 is 11.9 Å². The maximum Gasteiger partial charge on any atom is 1.00 e. The predicted molar refractivity (Wildman–Crippen MR) is 79.0 cm³/mol. The summed E-state index contributed by atoms with van der Waals surface area (Å²) in [6, 6.07) is 5.95. The molecule has 116 valence electrons. The average Bonchev–Trinajstić information content (AvgIpc) is 2.49. The van der Waals surface area contributed by atoms with Crippen LogP contribution in [0.1, 0.15) is 72.6 Å². The standard InChI is InChI=1S/C17H24O4.Na/c1-2-3-4-5-6-7-10-13-21-17(20)15-12-9-8-11-14(15)16(18)19;/h8-9,11-12H,2-7,10,13H2,1H3,(H,18,19);/q;+1/p-1. The van der Waals surface area contributed by atoms with E-state index in [1.54, 1.807) is 12.1 Å². The minimum atomic E-state index is -1.36. The molecule has 0 heterocycles. The molecule has 1 rings (SSSR count). The number of carboxylic acids is 1. The van der Waals surface area contributed by atoms with Gasteiger partial charge in [0.25, 0.3) is 0 Å². The summed E-state index contributed by atoms with van der Waals surface area (Å²) < 4.78 is 5.12. The van der Waals surface area contributed by atoms with Crippen LogP contribution in [0.15, 0.2) is 24.3 Å². The van der Waals surface area contributed by atoms with Gasteiger partial charge >= 0.3 is 35.5 Å². The molecule has 0 aliphatic rings. The number of carbonyl (C=O) groups is 2. The summed E-state index contributed by atoms with van der Waals surface area (Å²) in [4.78, 5) is 22.7. The van der Waals surface area contributed by atoms with Crippen molar-refractivity contribution in [3.05, 3.63) is 35.4 Å². The smallest absolute Gasteiger partial charge is 0.545 e. The molecule has 1 aromatic rings. The predicted octanol–water partition coefficient (Wildman–Crippen LogP) is -0.0385. The van der Waals surface area contributed by atoms with Crippen LogP contribution in [0.2, 0.25) is 0 Å². The van der Waals surface area contributed by atoms with E-state index < -0.39 is 11.9 Å². The Morgan fingerprint density at radius 1 is 0.955 bits per heavy atom. The first kappa shape index (κ1) is 21.2. The van der Waals surface area contributed by atoms with E-state index in [1.807, 2.05) is 0 Å². The van der Waals surface area contributed by atoms with Crippen molar-refractivity contribution in [1.82, 2.24) is 0 Å². The minimum absolute atomic E-state index is 0. The monoisotopic (exact) mass is 314 g/mol. The summed E-state index contributed by atoms with van der Waals surface area (Å²) in [7, 11) is 0. The number of carbonyl (C=O) groups excluding carboxylic acids is 2. The summed E-state index contributed by atoms with van der Waals surface area (Å²) in [5.74, 6) is -1.96. The maximum atomic E-state index is 11.8. The van der Waals surface area contributed by atoms with Gasteiger partial charge in [-0.25, -0.2) is 4.79 Å². The Morgan fingerprint density at radius 3 is 2.09 bits per heavy atom. The third kappa shape index (κ3) is 7.97. The molecule has 0 bridgehead atoms. The van der Waals surface area contributed by atoms with Gasteiger partial charge in [-0.15, -0.1) is 0 Å². The molecule has 0 unspecified atom stereocenters. The molecule has 22 heavy (non-hydrogen) atoms. The zero-order valence-corrected chi connectivity index (χ0v) is 15.6. The van der Waals surface area contributed by atoms with Gasteiger partial charge in [0.05, 0.1) is 18.1 Å². The number of esters is 1. The quantitative estimate of drug-likeness (QED) is 0.345. The van der Waals surface area contributed by atoms with Crippen molar-refractivity contribution in [3.8, 4) is 0 Å². The Bertz CT molecular complexity index is 460. The molecule has 0 aliphatic heterocycles. The molecule has 1 aromatic carbocycles. The Morgan fingerprint density at radius 2 is 1.50 bits per heavy atom. The third-order valence-corrected chi connectivity index (χ3v) is 3.35. The molecule has 0 radical (unpaired) electrons. The Labute approximate surface area is 154 Å². The van der Waals surface area contributed by atoms with Gasteiger partial charge in [-0.05, 0) is 12.5 Å². The van der Waals surface area contributed by atoms with Crippen LogP contribution < -0.4 is 34.7 Å². The van der Waals surface area contributed by atoms with Gasteiger partial charge in [0, 0.05) is 5.56 Å². The number of ether oxygens (including phenoxy) is 1. The summed E-state index contributed by atoms with van der Waals surface area (Å²) in [6.07, 6.45) is 7.96. The van der Waals surface area contributed by atoms with Gasteiger partial charge in [-0.3, -0.25) is 0 Å². The first-order valence-corrected chi connectivity index (χ1v) is 7.64. The Kier molecular flexibility index (Phi) is 12.2. The van der Waals surface area contributed by atoms with Crippen LogP contribution in [0.3, 0.4) is 0 Å². The minimum Gasteiger partial charge on any atom is -0.545 e. The van der Waals surface area contributed by atoms with E-state index in [0.29, 0.717) is 6.61 Å². The van der Waals surface area contributed by atoms with Crippen molar-refractivity contribution in [1.29, 1.82) is 0 Å². The topological polar surface area (TPSA) is 66.4 Å². The van der Waals surface area contributed by atoms with Crippen LogP contribution >= 0.6 is 0 Å². The van der Waals surface area contributed by atoms with E-state index in [1.165, 1.54) is 37.8 Å². The molecule has 0 amide bonds. The number of hydrogen-bond acceptors (Lipinski definition) is 4. The van der Waals surface area contributed by atoms with Crippen LogP contribution in [-0.2, 0) is 4.74 Å². The molecule has 0 spiro atoms. The molecule has 5 heteroatoms. The molecule has 0 saturated carbocycles. The second-order valence-corrected chi connectivity index (χ2v) is 5.09. The molecule has 0 fully saturated rings. The maximum absolute atomic E-state index is 11.8. The summed E-state index contributed by atoms with van der Waals surface area (Å²) in [5, 5.41) is 10.9. The molecule has 4 nitrogen and oxygen atoms in total. The van der Waals surface area contributed by atoms with E-state index in [9.17, 15) is 14.7 Å². The molecule has 0 aromatic heterocycles. The van der Waals surface area contributed by atoms with E-state index in [4.69, 9.17) is 4.74 Å². The van der Waals surface area contributed by atoms with Gasteiger partial charge in [-0.2, -0.15) is 0 Å². The van der Waals surface area contributed by atoms with E-state index >= 15 is 0 Å². The Balaban J connectivity index is 0.00000441. The van der Waals surface area contributed by atoms with Crippen LogP contribution in [0.5, 0.6) is 0 Å². The van der Waals surface area contributed by atoms with E-state index in [-0.39, 0.29) is 40.7 Å². The summed E-state index contributed by atoms with van der Waals surface area (Å²) >= 11 is 0. The van der Waals surface area contributed by atoms with Crippen molar-refractivity contribution in [2.75, 3.05) is 6.61 Å². The Hall–Kier alpha value is -0.840. The molecule has 0 saturated heterocycles. The average molecular weight is 314 g/mol. The number of aromatic carboxylic acids is 1. The zero-order valence-electron chi connectivity index (χ0n) is 13.6. The zero-order chi connectivity index (χ0) is 15.5. The fourth-order valence-corrected chi connectivity index (χ4v) is 2.14. The van der Waals surface area contributed by atoms with Gasteiger partial charge in [0.1, 0.15) is 0 Å². The molecular weight excluding hydrogens is 291 g/mol. The summed E-state index contributed by atoms with van der Waals surface area (Å²) in [5.41, 5.74) is -0.0671. The van der Waals surface area contributed by atoms with Crippen LogP contribution in [0.25, 0.3) is 0 Å². The number of unbranched alkanes of at least 4 members (excludes halogenated alkanes) is 6. The largest absolute Gasteiger partial charge is 1.00 e. The number of rotatable bonds is 10. The van der Waals surface area contributed by atoms with Crippen molar-refractivity contribution in [2.45, 2.75) is 51.9 Å². The molecule has 0 N–H and O–H groups in total. The van der Waals surface area contributed by atoms with Gasteiger partial charge < -0.3 is 14.6 Å². The van der Waals surface area contributed by atoms with Crippen LogP contribution in [0, 0.1) is 0 Å². The van der Waals surface area contributed by atoms with Crippen molar-refractivity contribution in [2.24, 2.45) is 0 Å². The SMILES string of the molecule is CCCCCCCCCOC(=O)c1ccccc1C(=O)[O-].[Na+]. The number of hydrogen-bond donors (Lipinski definition) is 0. The summed E-state index contributed by atoms with van der Waals surface area (Å²) in [6.45, 7) is 2.51. The van der Waals surface area contributed by atoms with Crippen LogP contribution in [0.4, 0.5) is 0 Å². The second kappa shape index (κ2) is 12.7. The molecule has 0 atom stereocenters. The normalized spacial score (nSPS) is 9.86. The second-order valence-electron chi connectivity index (χ2n) is 5.09. The van der Waals surface area contributed by atoms with Gasteiger partial charge in [0.15, 0.2) is 0 Å². The number of benzene rings is 1. The molecule has 0 aliphatic carbocycles. The van der Waals surface area contributed by atoms with Gasteiger partial charge in [-0.1, -0.05) is 63.6 Å². The third-order valence-electron chi connectivity index (χ3n) is 3.35. The fraction of sp³-hybridized carbons (Fsp3) is 0.529. The van der Waals surface area contributed by atoms with E-state index in [2.05, 4.69) is 6.92 Å². The van der Waals surface area contributed by atoms with Crippen molar-refractivity contribution in [3.63, 3.8) is 0 Å². The first-order valence-electron chi connectivity index (χ1n) is 7.64. The van der Waals surface area contributed by atoms with Crippen molar-refractivity contribution < 1.29 is 49.0 Å². The van der Waals surface area contributed by atoms with E-state index in [0.717, 1.165) is 19.3 Å². The van der Waals surface area contributed by atoms with Gasteiger partial charge in [0.2, 0.25) is 0 Å².